The van der Waals surface area contributed by atoms with Crippen molar-refractivity contribution in [3.63, 3.8) is 0 Å². The normalized spacial score (nSPS) is 27.0. The number of rotatable bonds is 4. The molecule has 0 aromatic heterocycles. The van der Waals surface area contributed by atoms with Crippen LogP contribution in [-0.2, 0) is 9.59 Å². The van der Waals surface area contributed by atoms with Crippen LogP contribution in [0.1, 0.15) is 32.1 Å². The number of carbonyl (C=O) groups is 2. The van der Waals surface area contributed by atoms with Crippen molar-refractivity contribution in [2.24, 2.45) is 0 Å². The van der Waals surface area contributed by atoms with E-state index in [0.29, 0.717) is 12.5 Å². The van der Waals surface area contributed by atoms with Crippen molar-refractivity contribution < 1.29 is 14.7 Å². The van der Waals surface area contributed by atoms with Crippen LogP contribution < -0.4 is 0 Å². The molecule has 5 nitrogen and oxygen atoms in total. The highest BCUT2D eigenvalue weighted by molar-refractivity contribution is 5.82. The van der Waals surface area contributed by atoms with Crippen LogP contribution in [0.15, 0.2) is 0 Å². The summed E-state index contributed by atoms with van der Waals surface area (Å²) in [6, 6.07) is 0.301. The molecule has 1 saturated heterocycles. The van der Waals surface area contributed by atoms with Crippen LogP contribution in [-0.4, -0.2) is 59.0 Å². The van der Waals surface area contributed by atoms with Crippen molar-refractivity contribution in [2.45, 2.75) is 44.2 Å². The lowest BCUT2D eigenvalue weighted by molar-refractivity contribution is -0.138. The predicted octanol–water partition coefficient (Wildman–Crippen LogP) is 0.546. The molecule has 1 unspecified atom stereocenters. The second-order valence-corrected chi connectivity index (χ2v) is 5.03. The topological polar surface area (TPSA) is 60.9 Å². The molecule has 0 aromatic rings. The monoisotopic (exact) mass is 240 g/mol. The molecule has 1 aliphatic carbocycles. The molecule has 2 fully saturated rings. The number of nitrogens with zero attached hydrogens (tertiary/aromatic N) is 2. The molecule has 0 radical (unpaired) electrons. The quantitative estimate of drug-likeness (QED) is 0.779. The molecule has 0 bridgehead atoms. The Balaban J connectivity index is 2.06. The van der Waals surface area contributed by atoms with Crippen LogP contribution in [0.2, 0.25) is 0 Å². The van der Waals surface area contributed by atoms with Gasteiger partial charge in [-0.25, -0.2) is 0 Å². The molecule has 1 saturated carbocycles. The van der Waals surface area contributed by atoms with Crippen LogP contribution in [0.3, 0.4) is 0 Å². The number of hydrogen-bond acceptors (Lipinski definition) is 3. The molecule has 0 aromatic carbocycles. The maximum atomic E-state index is 12.2. The Morgan fingerprint density at radius 1 is 1.41 bits per heavy atom. The van der Waals surface area contributed by atoms with E-state index in [0.717, 1.165) is 32.4 Å². The van der Waals surface area contributed by atoms with Gasteiger partial charge < -0.3 is 10.0 Å². The average molecular weight is 240 g/mol. The van der Waals surface area contributed by atoms with Crippen molar-refractivity contribution in [2.75, 3.05) is 20.1 Å². The molecule has 5 heteroatoms. The average Bonchev–Trinajstić information content (AvgIpc) is 3.08. The van der Waals surface area contributed by atoms with Crippen molar-refractivity contribution >= 4 is 11.9 Å². The molecule has 1 N–H and O–H groups in total. The summed E-state index contributed by atoms with van der Waals surface area (Å²) in [6.07, 6.45) is 3.81. The minimum absolute atomic E-state index is 0.0769. The zero-order chi connectivity index (χ0) is 12.4. The maximum Gasteiger partial charge on any atom is 0.303 e. The molecule has 17 heavy (non-hydrogen) atoms. The Labute approximate surface area is 101 Å². The third kappa shape index (κ3) is 2.97. The minimum Gasteiger partial charge on any atom is -0.481 e. The van der Waals surface area contributed by atoms with Gasteiger partial charge in [0.2, 0.25) is 5.91 Å². The Bertz CT molecular complexity index is 315. The van der Waals surface area contributed by atoms with Gasteiger partial charge in [-0.3, -0.25) is 14.5 Å². The molecular formula is C12H20N2O3. The summed E-state index contributed by atoms with van der Waals surface area (Å²) in [6.45, 7) is 1.71. The summed E-state index contributed by atoms with van der Waals surface area (Å²) in [4.78, 5) is 26.8. The van der Waals surface area contributed by atoms with Crippen LogP contribution in [0, 0.1) is 0 Å². The Morgan fingerprint density at radius 3 is 2.71 bits per heavy atom. The number of hydrogen-bond donors (Lipinski definition) is 1. The van der Waals surface area contributed by atoms with Crippen LogP contribution in [0.25, 0.3) is 0 Å². The molecule has 2 aliphatic rings. The largest absolute Gasteiger partial charge is 0.481 e. The van der Waals surface area contributed by atoms with E-state index in [1.54, 1.807) is 4.90 Å². The Kier molecular flexibility index (Phi) is 3.66. The first-order valence-electron chi connectivity index (χ1n) is 6.32. The van der Waals surface area contributed by atoms with Crippen molar-refractivity contribution in [1.82, 2.24) is 9.80 Å². The minimum atomic E-state index is -0.819. The molecular weight excluding hydrogens is 220 g/mol. The van der Waals surface area contributed by atoms with E-state index in [4.69, 9.17) is 5.11 Å². The van der Waals surface area contributed by atoms with E-state index < -0.39 is 5.97 Å². The molecule has 1 aliphatic heterocycles. The summed E-state index contributed by atoms with van der Waals surface area (Å²) in [7, 11) is 1.81. The molecule has 1 heterocycles. The summed E-state index contributed by atoms with van der Waals surface area (Å²) in [5.41, 5.74) is 0. The van der Waals surface area contributed by atoms with Gasteiger partial charge in [-0.1, -0.05) is 0 Å². The highest BCUT2D eigenvalue weighted by atomic mass is 16.4. The van der Waals surface area contributed by atoms with E-state index >= 15 is 0 Å². The van der Waals surface area contributed by atoms with Crippen molar-refractivity contribution in [1.29, 1.82) is 0 Å². The zero-order valence-electron chi connectivity index (χ0n) is 10.3. The molecule has 1 atom stereocenters. The lowest BCUT2D eigenvalue weighted by atomic mass is 10.1. The predicted molar refractivity (Wildman–Crippen MR) is 62.6 cm³/mol. The summed E-state index contributed by atoms with van der Waals surface area (Å²) >= 11 is 0. The number of carboxylic acids is 1. The van der Waals surface area contributed by atoms with Gasteiger partial charge in [0.1, 0.15) is 0 Å². The second-order valence-electron chi connectivity index (χ2n) is 5.03. The third-order valence-corrected chi connectivity index (χ3v) is 3.62. The lowest BCUT2D eigenvalue weighted by Crippen LogP contribution is -2.46. The second kappa shape index (κ2) is 5.04. The first-order valence-corrected chi connectivity index (χ1v) is 6.32. The van der Waals surface area contributed by atoms with Gasteiger partial charge in [-0.15, -0.1) is 0 Å². The van der Waals surface area contributed by atoms with Gasteiger partial charge in [-0.05, 0) is 25.7 Å². The Morgan fingerprint density at radius 2 is 2.12 bits per heavy atom. The first-order chi connectivity index (χ1) is 8.09. The van der Waals surface area contributed by atoms with E-state index in [2.05, 4.69) is 4.90 Å². The van der Waals surface area contributed by atoms with Crippen LogP contribution in [0.4, 0.5) is 0 Å². The zero-order valence-corrected chi connectivity index (χ0v) is 10.3. The third-order valence-electron chi connectivity index (χ3n) is 3.62. The van der Waals surface area contributed by atoms with Gasteiger partial charge in [0.05, 0.1) is 6.04 Å². The summed E-state index contributed by atoms with van der Waals surface area (Å²) in [5.74, 6) is -0.726. The van der Waals surface area contributed by atoms with E-state index in [1.165, 1.54) is 0 Å². The molecule has 1 amide bonds. The van der Waals surface area contributed by atoms with Crippen molar-refractivity contribution in [3.05, 3.63) is 0 Å². The Hall–Kier alpha value is -1.10. The number of aliphatic carboxylic acids is 1. The fourth-order valence-corrected chi connectivity index (χ4v) is 2.55. The van der Waals surface area contributed by atoms with E-state index in [-0.39, 0.29) is 18.4 Å². The van der Waals surface area contributed by atoms with Gasteiger partial charge in [0.15, 0.2) is 0 Å². The molecule has 96 valence electrons. The molecule has 0 spiro atoms. The standard InChI is InChI=1S/C12H20N2O3/c1-13-7-2-8-14(9-3-4-9)10(12(13)17)5-6-11(15)16/h9-10H,2-8H2,1H3,(H,15,16). The fourth-order valence-electron chi connectivity index (χ4n) is 2.55. The highest BCUT2D eigenvalue weighted by Crippen LogP contribution is 2.31. The lowest BCUT2D eigenvalue weighted by Gasteiger charge is -2.29. The first kappa shape index (κ1) is 12.4. The van der Waals surface area contributed by atoms with Gasteiger partial charge in [-0.2, -0.15) is 0 Å². The number of amides is 1. The summed E-state index contributed by atoms with van der Waals surface area (Å²) in [5, 5.41) is 8.76. The number of likely N-dealkylation sites (N-methyl/N-ethyl adjacent to an activating group) is 1. The smallest absolute Gasteiger partial charge is 0.303 e. The van der Waals surface area contributed by atoms with Gasteiger partial charge in [0.25, 0.3) is 0 Å². The van der Waals surface area contributed by atoms with Crippen LogP contribution in [0.5, 0.6) is 0 Å². The number of carboxylic acid groups (broad SMARTS) is 1. The van der Waals surface area contributed by atoms with E-state index in [1.807, 2.05) is 7.05 Å². The highest BCUT2D eigenvalue weighted by Gasteiger charge is 2.39. The SMILES string of the molecule is CN1CCCN(C2CC2)C(CCC(=O)O)C1=O. The number of carbonyl (C=O) groups excluding carboxylic acids is 1. The van der Waals surface area contributed by atoms with Gasteiger partial charge in [0, 0.05) is 32.6 Å². The fraction of sp³-hybridized carbons (Fsp3) is 0.833. The maximum absolute atomic E-state index is 12.2. The van der Waals surface area contributed by atoms with Gasteiger partial charge >= 0.3 is 5.97 Å². The van der Waals surface area contributed by atoms with E-state index in [9.17, 15) is 9.59 Å². The summed E-state index contributed by atoms with van der Waals surface area (Å²) < 4.78 is 0. The van der Waals surface area contributed by atoms with Crippen molar-refractivity contribution in [3.8, 4) is 0 Å². The van der Waals surface area contributed by atoms with Crippen LogP contribution >= 0.6 is 0 Å². The molecule has 2 rings (SSSR count).